The molecule has 0 saturated carbocycles. The molecule has 0 aromatic carbocycles. The zero-order valence-corrected chi connectivity index (χ0v) is 35.0. The molecular formula is C45H74NO8P. The molecule has 0 aliphatic heterocycles. The molecule has 0 aliphatic rings. The van der Waals surface area contributed by atoms with E-state index in [0.717, 1.165) is 51.4 Å². The molecule has 0 aliphatic carbocycles. The molecule has 3 N–H and O–H groups in total. The van der Waals surface area contributed by atoms with Gasteiger partial charge in [0, 0.05) is 19.4 Å². The van der Waals surface area contributed by atoms with Crippen LogP contribution in [0.1, 0.15) is 142 Å². The third kappa shape index (κ3) is 40.4. The number of ether oxygens (including phenoxy) is 2. The van der Waals surface area contributed by atoms with Crippen molar-refractivity contribution in [2.24, 2.45) is 5.73 Å². The van der Waals surface area contributed by atoms with E-state index in [1.54, 1.807) is 0 Å². The van der Waals surface area contributed by atoms with Gasteiger partial charge in [-0.05, 0) is 89.9 Å². The number of unbranched alkanes of at least 4 members (excludes halogenated alkanes) is 8. The van der Waals surface area contributed by atoms with Gasteiger partial charge in [0.1, 0.15) is 6.61 Å². The van der Waals surface area contributed by atoms with Crippen molar-refractivity contribution in [3.05, 3.63) is 97.2 Å². The van der Waals surface area contributed by atoms with Crippen molar-refractivity contribution >= 4 is 19.8 Å². The van der Waals surface area contributed by atoms with Crippen LogP contribution in [0.2, 0.25) is 0 Å². The van der Waals surface area contributed by atoms with Gasteiger partial charge in [-0.25, -0.2) is 4.57 Å². The van der Waals surface area contributed by atoms with E-state index in [4.69, 9.17) is 24.3 Å². The average molecular weight is 788 g/mol. The van der Waals surface area contributed by atoms with Crippen LogP contribution < -0.4 is 5.73 Å². The van der Waals surface area contributed by atoms with Gasteiger partial charge >= 0.3 is 19.8 Å². The van der Waals surface area contributed by atoms with Crippen molar-refractivity contribution in [1.29, 1.82) is 0 Å². The zero-order valence-electron chi connectivity index (χ0n) is 34.1. The molecule has 0 spiro atoms. The number of rotatable bonds is 37. The van der Waals surface area contributed by atoms with Crippen LogP contribution >= 0.6 is 7.82 Å². The van der Waals surface area contributed by atoms with Crippen LogP contribution in [0.25, 0.3) is 0 Å². The fraction of sp³-hybridized carbons (Fsp3) is 0.600. The van der Waals surface area contributed by atoms with E-state index in [-0.39, 0.29) is 32.6 Å². The molecule has 9 nitrogen and oxygen atoms in total. The van der Waals surface area contributed by atoms with Gasteiger partial charge in [0.25, 0.3) is 0 Å². The highest BCUT2D eigenvalue weighted by Gasteiger charge is 2.25. The van der Waals surface area contributed by atoms with Crippen LogP contribution in [0, 0.1) is 0 Å². The second kappa shape index (κ2) is 40.6. The monoisotopic (exact) mass is 788 g/mol. The number of carbonyl (C=O) groups excluding carboxylic acids is 2. The van der Waals surface area contributed by atoms with Crippen molar-refractivity contribution in [1.82, 2.24) is 0 Å². The maximum Gasteiger partial charge on any atom is 0.472 e. The van der Waals surface area contributed by atoms with Gasteiger partial charge in [0.15, 0.2) is 6.10 Å². The first-order chi connectivity index (χ1) is 26.8. The lowest BCUT2D eigenvalue weighted by molar-refractivity contribution is -0.161. The number of esters is 2. The molecule has 0 rings (SSSR count). The largest absolute Gasteiger partial charge is 0.472 e. The summed E-state index contributed by atoms with van der Waals surface area (Å²) in [7, 11) is -4.41. The van der Waals surface area contributed by atoms with Crippen LogP contribution in [0.15, 0.2) is 97.2 Å². The Balaban J connectivity index is 4.40. The highest BCUT2D eigenvalue weighted by atomic mass is 31.2. The van der Waals surface area contributed by atoms with Gasteiger partial charge in [0.05, 0.1) is 13.2 Å². The van der Waals surface area contributed by atoms with Crippen molar-refractivity contribution in [3.63, 3.8) is 0 Å². The van der Waals surface area contributed by atoms with E-state index in [2.05, 4.69) is 98.9 Å². The Hall–Kier alpha value is -3.07. The number of carbonyl (C=O) groups is 2. The molecule has 0 saturated heterocycles. The lowest BCUT2D eigenvalue weighted by atomic mass is 10.2. The standard InChI is InChI=1S/C45H74NO8P/c1-3-5-7-9-11-13-15-17-19-21-23-25-27-29-31-33-35-37-44(47)51-41-43(42-53-55(49,50)52-40-39-46)54-45(48)38-36-34-32-30-28-26-24-22-20-18-16-14-12-10-8-6-4-2/h11-14,17-20,23-26,29-32,43H,3-10,15-16,21-22,27-28,33-42,46H2,1-2H3,(H,49,50)/t43-/m1/s1. The van der Waals surface area contributed by atoms with Crippen molar-refractivity contribution < 1.29 is 37.6 Å². The van der Waals surface area contributed by atoms with Crippen LogP contribution in [-0.4, -0.2) is 49.3 Å². The van der Waals surface area contributed by atoms with E-state index < -0.39 is 32.5 Å². The molecule has 0 aromatic rings. The minimum Gasteiger partial charge on any atom is -0.462 e. The van der Waals surface area contributed by atoms with Gasteiger partial charge in [0.2, 0.25) is 0 Å². The zero-order chi connectivity index (χ0) is 40.3. The van der Waals surface area contributed by atoms with Crippen LogP contribution in [-0.2, 0) is 32.7 Å². The van der Waals surface area contributed by atoms with E-state index in [9.17, 15) is 19.0 Å². The molecule has 0 bridgehead atoms. The highest BCUT2D eigenvalue weighted by Crippen LogP contribution is 2.43. The maximum absolute atomic E-state index is 12.5. The first kappa shape index (κ1) is 51.9. The highest BCUT2D eigenvalue weighted by molar-refractivity contribution is 7.47. The summed E-state index contributed by atoms with van der Waals surface area (Å²) in [4.78, 5) is 34.8. The number of phosphoric acid groups is 1. The molecule has 10 heteroatoms. The first-order valence-corrected chi connectivity index (χ1v) is 22.2. The first-order valence-electron chi connectivity index (χ1n) is 20.7. The topological polar surface area (TPSA) is 134 Å². The van der Waals surface area contributed by atoms with Gasteiger partial charge in [-0.15, -0.1) is 0 Å². The third-order valence-electron chi connectivity index (χ3n) is 7.94. The van der Waals surface area contributed by atoms with Crippen LogP contribution in [0.5, 0.6) is 0 Å². The molecular weight excluding hydrogens is 713 g/mol. The fourth-order valence-corrected chi connectivity index (χ4v) is 5.62. The minimum absolute atomic E-state index is 0.0322. The quantitative estimate of drug-likeness (QED) is 0.0273. The summed E-state index contributed by atoms with van der Waals surface area (Å²) < 4.78 is 32.6. The second-order valence-electron chi connectivity index (χ2n) is 13.1. The molecule has 2 atom stereocenters. The number of nitrogens with two attached hydrogens (primary N) is 1. The maximum atomic E-state index is 12.5. The van der Waals surface area contributed by atoms with Gasteiger partial charge in [-0.1, -0.05) is 137 Å². The van der Waals surface area contributed by atoms with Gasteiger partial charge in [-0.2, -0.15) is 0 Å². The molecule has 0 heterocycles. The second-order valence-corrected chi connectivity index (χ2v) is 14.6. The normalized spacial score (nSPS) is 14.3. The van der Waals surface area contributed by atoms with E-state index in [1.807, 2.05) is 12.2 Å². The Kier molecular flexibility index (Phi) is 38.3. The summed E-state index contributed by atoms with van der Waals surface area (Å²) in [5.41, 5.74) is 5.33. The lowest BCUT2D eigenvalue weighted by Gasteiger charge is -2.19. The summed E-state index contributed by atoms with van der Waals surface area (Å²) in [6.45, 7) is 3.52. The van der Waals surface area contributed by atoms with E-state index in [0.29, 0.717) is 19.3 Å². The SMILES string of the molecule is CCCCCC=CCC=CCC=CCC=CCCCC(=O)OC[C@H](COP(=O)(O)OCCN)OC(=O)CCCC=CCC=CCC=CCC=CCCCCC. The third-order valence-corrected chi connectivity index (χ3v) is 8.93. The lowest BCUT2D eigenvalue weighted by Crippen LogP contribution is -2.29. The van der Waals surface area contributed by atoms with E-state index >= 15 is 0 Å². The van der Waals surface area contributed by atoms with Gasteiger partial charge < -0.3 is 20.1 Å². The Morgan fingerprint density at radius 1 is 0.545 bits per heavy atom. The predicted octanol–water partition coefficient (Wildman–Crippen LogP) is 11.8. The number of hydrogen-bond acceptors (Lipinski definition) is 8. The molecule has 0 radical (unpaired) electrons. The molecule has 1 unspecified atom stereocenters. The Morgan fingerprint density at radius 2 is 0.927 bits per heavy atom. The van der Waals surface area contributed by atoms with Gasteiger partial charge in [-0.3, -0.25) is 18.6 Å². The Bertz CT molecular complexity index is 1220. The number of phosphoric ester groups is 1. The van der Waals surface area contributed by atoms with Crippen LogP contribution in [0.3, 0.4) is 0 Å². The molecule has 0 amide bonds. The van der Waals surface area contributed by atoms with E-state index in [1.165, 1.54) is 44.9 Å². The minimum atomic E-state index is -4.41. The smallest absolute Gasteiger partial charge is 0.462 e. The molecule has 55 heavy (non-hydrogen) atoms. The predicted molar refractivity (Wildman–Crippen MR) is 228 cm³/mol. The summed E-state index contributed by atoms with van der Waals surface area (Å²) in [6, 6.07) is 0. The average Bonchev–Trinajstić information content (AvgIpc) is 3.17. The number of allylic oxidation sites excluding steroid dienone is 16. The van der Waals surface area contributed by atoms with Crippen molar-refractivity contribution in [2.45, 2.75) is 148 Å². The van der Waals surface area contributed by atoms with Crippen molar-refractivity contribution in [3.8, 4) is 0 Å². The summed E-state index contributed by atoms with van der Waals surface area (Å²) in [6.07, 6.45) is 51.6. The Labute approximate surface area is 334 Å². The molecule has 0 fully saturated rings. The van der Waals surface area contributed by atoms with Crippen LogP contribution in [0.4, 0.5) is 0 Å². The summed E-state index contributed by atoms with van der Waals surface area (Å²) in [5, 5.41) is 0. The molecule has 312 valence electrons. The van der Waals surface area contributed by atoms with Crippen molar-refractivity contribution in [2.75, 3.05) is 26.4 Å². The Morgan fingerprint density at radius 3 is 1.33 bits per heavy atom. The molecule has 0 aromatic heterocycles. The summed E-state index contributed by atoms with van der Waals surface area (Å²) >= 11 is 0. The fourth-order valence-electron chi connectivity index (χ4n) is 4.85. The summed E-state index contributed by atoms with van der Waals surface area (Å²) in [5.74, 6) is -0.972. The number of hydrogen-bond donors (Lipinski definition) is 2.